The molecule has 0 spiro atoms. The summed E-state index contributed by atoms with van der Waals surface area (Å²) in [6.45, 7) is 6.88. The standard InChI is InChI=1S/C16H20BrN3O3/c1-7-12-11(17)8-9-13(18-12)19-14(21)10(2)20(6)15(22)23-16(3,4)5/h1,8-10H,2-6H3,(H,18,19,21)/t10-/m0/s1. The first-order valence-electron chi connectivity index (χ1n) is 6.95. The average molecular weight is 382 g/mol. The highest BCUT2D eigenvalue weighted by Crippen LogP contribution is 2.17. The van der Waals surface area contributed by atoms with Gasteiger partial charge in [-0.15, -0.1) is 6.42 Å². The third kappa shape index (κ3) is 5.57. The number of ether oxygens (including phenoxy) is 1. The van der Waals surface area contributed by atoms with Gasteiger partial charge in [-0.3, -0.25) is 9.69 Å². The van der Waals surface area contributed by atoms with Gasteiger partial charge < -0.3 is 10.1 Å². The molecule has 1 aromatic rings. The molecule has 0 aliphatic rings. The van der Waals surface area contributed by atoms with Gasteiger partial charge in [-0.1, -0.05) is 0 Å². The second kappa shape index (κ2) is 7.47. The first-order valence-corrected chi connectivity index (χ1v) is 7.74. The van der Waals surface area contributed by atoms with Crippen molar-refractivity contribution in [1.82, 2.24) is 9.88 Å². The molecule has 0 fully saturated rings. The quantitative estimate of drug-likeness (QED) is 0.816. The molecule has 0 aliphatic carbocycles. The van der Waals surface area contributed by atoms with Crippen molar-refractivity contribution in [3.05, 3.63) is 22.3 Å². The Morgan fingerprint density at radius 3 is 2.57 bits per heavy atom. The molecule has 2 amide bonds. The summed E-state index contributed by atoms with van der Waals surface area (Å²) in [5, 5.41) is 2.63. The van der Waals surface area contributed by atoms with Crippen LogP contribution in [0, 0.1) is 12.3 Å². The number of carbonyl (C=O) groups excluding carboxylic acids is 2. The largest absolute Gasteiger partial charge is 0.444 e. The van der Waals surface area contributed by atoms with E-state index in [1.807, 2.05) is 0 Å². The van der Waals surface area contributed by atoms with E-state index in [2.05, 4.69) is 32.2 Å². The number of hydrogen-bond acceptors (Lipinski definition) is 4. The van der Waals surface area contributed by atoms with Gasteiger partial charge in [0.15, 0.2) is 0 Å². The fourth-order valence-corrected chi connectivity index (χ4v) is 1.85. The lowest BCUT2D eigenvalue weighted by atomic mass is 10.2. The van der Waals surface area contributed by atoms with E-state index in [0.29, 0.717) is 16.0 Å². The number of rotatable bonds is 3. The minimum atomic E-state index is -0.732. The van der Waals surface area contributed by atoms with Gasteiger partial charge in [0.1, 0.15) is 23.2 Å². The van der Waals surface area contributed by atoms with Crippen LogP contribution in [-0.2, 0) is 9.53 Å². The minimum absolute atomic E-state index is 0.315. The van der Waals surface area contributed by atoms with Crippen LogP contribution in [-0.4, -0.2) is 40.6 Å². The summed E-state index contributed by atoms with van der Waals surface area (Å²) < 4.78 is 5.90. The lowest BCUT2D eigenvalue weighted by Crippen LogP contribution is -2.45. The number of aromatic nitrogens is 1. The molecule has 0 bridgehead atoms. The van der Waals surface area contributed by atoms with Crippen LogP contribution in [0.2, 0.25) is 0 Å². The monoisotopic (exact) mass is 381 g/mol. The van der Waals surface area contributed by atoms with Crippen LogP contribution in [0.3, 0.4) is 0 Å². The average Bonchev–Trinajstić information content (AvgIpc) is 2.45. The SMILES string of the molecule is C#Cc1nc(NC(=O)[C@H](C)N(C)C(=O)OC(C)(C)C)ccc1Br. The van der Waals surface area contributed by atoms with E-state index >= 15 is 0 Å². The zero-order chi connectivity index (χ0) is 17.8. The number of nitrogens with zero attached hydrogens (tertiary/aromatic N) is 2. The number of halogens is 1. The van der Waals surface area contributed by atoms with Crippen LogP contribution in [0.5, 0.6) is 0 Å². The fourth-order valence-electron chi connectivity index (χ4n) is 1.51. The molecule has 1 atom stereocenters. The molecular formula is C16H20BrN3O3. The third-order valence-corrected chi connectivity index (χ3v) is 3.52. The molecule has 0 radical (unpaired) electrons. The van der Waals surface area contributed by atoms with E-state index in [1.54, 1.807) is 39.8 Å². The Bertz CT molecular complexity index is 647. The number of nitrogens with one attached hydrogen (secondary N) is 1. The lowest BCUT2D eigenvalue weighted by Gasteiger charge is -2.28. The summed E-state index contributed by atoms with van der Waals surface area (Å²) in [6, 6.07) is 2.58. The molecule has 0 aromatic carbocycles. The Balaban J connectivity index is 2.77. The summed E-state index contributed by atoms with van der Waals surface area (Å²) in [6.07, 6.45) is 4.76. The van der Waals surface area contributed by atoms with Crippen molar-refractivity contribution in [1.29, 1.82) is 0 Å². The molecule has 0 saturated heterocycles. The van der Waals surface area contributed by atoms with Crippen molar-refractivity contribution in [2.24, 2.45) is 0 Å². The molecule has 6 nitrogen and oxygen atoms in total. The van der Waals surface area contributed by atoms with Gasteiger partial charge in [0, 0.05) is 7.05 Å². The van der Waals surface area contributed by atoms with Crippen LogP contribution < -0.4 is 5.32 Å². The lowest BCUT2D eigenvalue weighted by molar-refractivity contribution is -0.120. The van der Waals surface area contributed by atoms with Gasteiger partial charge in [0.05, 0.1) is 4.47 Å². The zero-order valence-electron chi connectivity index (χ0n) is 13.8. The smallest absolute Gasteiger partial charge is 0.410 e. The zero-order valence-corrected chi connectivity index (χ0v) is 15.4. The van der Waals surface area contributed by atoms with E-state index in [0.717, 1.165) is 0 Å². The Hall–Kier alpha value is -2.07. The molecule has 7 heteroatoms. The fraction of sp³-hybridized carbons (Fsp3) is 0.438. The molecule has 0 aliphatic heterocycles. The summed E-state index contributed by atoms with van der Waals surface area (Å²) in [7, 11) is 1.50. The highest BCUT2D eigenvalue weighted by Gasteiger charge is 2.27. The highest BCUT2D eigenvalue weighted by molar-refractivity contribution is 9.10. The molecule has 1 N–H and O–H groups in total. The number of likely N-dealkylation sites (N-methyl/N-ethyl adjacent to an activating group) is 1. The molecule has 1 aromatic heterocycles. The molecule has 1 heterocycles. The van der Waals surface area contributed by atoms with Gasteiger partial charge in [-0.2, -0.15) is 0 Å². The van der Waals surface area contributed by atoms with E-state index in [4.69, 9.17) is 11.2 Å². The number of anilines is 1. The van der Waals surface area contributed by atoms with Gasteiger partial charge >= 0.3 is 6.09 Å². The highest BCUT2D eigenvalue weighted by atomic mass is 79.9. The number of amides is 2. The number of carbonyl (C=O) groups is 2. The molecule has 0 unspecified atom stereocenters. The maximum Gasteiger partial charge on any atom is 0.410 e. The predicted molar refractivity (Wildman–Crippen MR) is 92.0 cm³/mol. The summed E-state index contributed by atoms with van der Waals surface area (Å²) in [4.78, 5) is 29.6. The summed E-state index contributed by atoms with van der Waals surface area (Å²) >= 11 is 3.27. The summed E-state index contributed by atoms with van der Waals surface area (Å²) in [5.74, 6) is 2.33. The van der Waals surface area contributed by atoms with E-state index in [-0.39, 0.29) is 0 Å². The molecule has 1 rings (SSSR count). The van der Waals surface area contributed by atoms with Crippen molar-refractivity contribution < 1.29 is 14.3 Å². The van der Waals surface area contributed by atoms with Gasteiger partial charge in [-0.05, 0) is 61.7 Å². The third-order valence-electron chi connectivity index (χ3n) is 2.88. The van der Waals surface area contributed by atoms with Gasteiger partial charge in [-0.25, -0.2) is 9.78 Å². The maximum absolute atomic E-state index is 12.2. The Morgan fingerprint density at radius 1 is 1.43 bits per heavy atom. The van der Waals surface area contributed by atoms with Crippen LogP contribution in [0.25, 0.3) is 0 Å². The topological polar surface area (TPSA) is 71.5 Å². The van der Waals surface area contributed by atoms with Crippen molar-refractivity contribution in [2.45, 2.75) is 39.3 Å². The van der Waals surface area contributed by atoms with Gasteiger partial charge in [0.25, 0.3) is 0 Å². The van der Waals surface area contributed by atoms with Crippen molar-refractivity contribution in [3.8, 4) is 12.3 Å². The Labute approximate surface area is 144 Å². The minimum Gasteiger partial charge on any atom is -0.444 e. The Morgan fingerprint density at radius 2 is 2.04 bits per heavy atom. The van der Waals surface area contributed by atoms with Crippen molar-refractivity contribution in [2.75, 3.05) is 12.4 Å². The molecule has 124 valence electrons. The Kier molecular flexibility index (Phi) is 6.16. The van der Waals surface area contributed by atoms with E-state index in [9.17, 15) is 9.59 Å². The predicted octanol–water partition coefficient (Wildman–Crippen LogP) is 3.02. The second-order valence-corrected chi connectivity index (χ2v) is 6.78. The van der Waals surface area contributed by atoms with Crippen LogP contribution in [0.4, 0.5) is 10.6 Å². The van der Waals surface area contributed by atoms with Crippen LogP contribution in [0.1, 0.15) is 33.4 Å². The van der Waals surface area contributed by atoms with E-state index < -0.39 is 23.6 Å². The summed E-state index contributed by atoms with van der Waals surface area (Å²) in [5.41, 5.74) is -0.243. The normalized spacial score (nSPS) is 12.0. The van der Waals surface area contributed by atoms with Crippen LogP contribution in [0.15, 0.2) is 16.6 Å². The van der Waals surface area contributed by atoms with E-state index in [1.165, 1.54) is 11.9 Å². The first-order chi connectivity index (χ1) is 10.5. The molecule has 0 saturated carbocycles. The number of pyridine rings is 1. The maximum atomic E-state index is 12.2. The molecular weight excluding hydrogens is 362 g/mol. The van der Waals surface area contributed by atoms with Gasteiger partial charge in [0.2, 0.25) is 5.91 Å². The first kappa shape index (κ1) is 19.0. The number of terminal acetylenes is 1. The van der Waals surface area contributed by atoms with Crippen molar-refractivity contribution >= 4 is 33.7 Å². The van der Waals surface area contributed by atoms with Crippen molar-refractivity contribution in [3.63, 3.8) is 0 Å². The second-order valence-electron chi connectivity index (χ2n) is 5.93. The van der Waals surface area contributed by atoms with Crippen LogP contribution >= 0.6 is 15.9 Å². The molecule has 23 heavy (non-hydrogen) atoms. The number of hydrogen-bond donors (Lipinski definition) is 1.